The van der Waals surface area contributed by atoms with Crippen molar-refractivity contribution >= 4 is 17.8 Å². The van der Waals surface area contributed by atoms with Crippen LogP contribution in [0.4, 0.5) is 0 Å². The molecule has 0 radical (unpaired) electrons. The van der Waals surface area contributed by atoms with Crippen molar-refractivity contribution in [3.05, 3.63) is 23.2 Å². The molecular weight excluding hydrogens is 276 g/mol. The van der Waals surface area contributed by atoms with Gasteiger partial charge in [0.25, 0.3) is 0 Å². The molecular formula is C14H18N2O5. The summed E-state index contributed by atoms with van der Waals surface area (Å²) >= 11 is 0. The summed E-state index contributed by atoms with van der Waals surface area (Å²) in [4.78, 5) is 37.8. The number of hydrogen-bond donors (Lipinski definition) is 1. The van der Waals surface area contributed by atoms with Crippen molar-refractivity contribution < 1.29 is 23.9 Å². The minimum absolute atomic E-state index is 0.110. The number of carbonyl (C=O) groups excluding carboxylic acids is 2. The number of aryl methyl sites for hydroxylation is 1. The SMILES string of the molecule is CCCN1CCN(Cc2cc(C)c(C(=O)O)o2)C(=O)C1=O. The molecule has 2 rings (SSSR count). The molecule has 1 aliphatic rings. The molecule has 0 spiro atoms. The van der Waals surface area contributed by atoms with Crippen molar-refractivity contribution in [1.82, 2.24) is 9.80 Å². The number of furan rings is 1. The Bertz CT molecular complexity index is 578. The molecule has 2 heterocycles. The lowest BCUT2D eigenvalue weighted by Crippen LogP contribution is -2.53. The van der Waals surface area contributed by atoms with Crippen LogP contribution in [0.5, 0.6) is 0 Å². The van der Waals surface area contributed by atoms with Crippen molar-refractivity contribution in [2.24, 2.45) is 0 Å². The van der Waals surface area contributed by atoms with E-state index < -0.39 is 17.8 Å². The quantitative estimate of drug-likeness (QED) is 0.814. The lowest BCUT2D eigenvalue weighted by atomic mass is 10.2. The van der Waals surface area contributed by atoms with Gasteiger partial charge in [-0.15, -0.1) is 0 Å². The van der Waals surface area contributed by atoms with Gasteiger partial charge in [-0.1, -0.05) is 6.92 Å². The van der Waals surface area contributed by atoms with E-state index in [1.807, 2.05) is 6.92 Å². The normalized spacial score (nSPS) is 15.7. The number of amides is 2. The van der Waals surface area contributed by atoms with Crippen molar-refractivity contribution in [3.63, 3.8) is 0 Å². The van der Waals surface area contributed by atoms with Crippen LogP contribution in [-0.2, 0) is 16.1 Å². The lowest BCUT2D eigenvalue weighted by Gasteiger charge is -2.33. The highest BCUT2D eigenvalue weighted by atomic mass is 16.4. The predicted octanol–water partition coefficient (Wildman–Crippen LogP) is 0.867. The average molecular weight is 294 g/mol. The minimum Gasteiger partial charge on any atom is -0.475 e. The van der Waals surface area contributed by atoms with Crippen molar-refractivity contribution in [2.75, 3.05) is 19.6 Å². The molecule has 0 aliphatic carbocycles. The first kappa shape index (κ1) is 15.1. The van der Waals surface area contributed by atoms with E-state index in [0.717, 1.165) is 6.42 Å². The van der Waals surface area contributed by atoms with E-state index in [4.69, 9.17) is 9.52 Å². The smallest absolute Gasteiger partial charge is 0.372 e. The van der Waals surface area contributed by atoms with E-state index in [1.165, 1.54) is 9.80 Å². The van der Waals surface area contributed by atoms with E-state index in [1.54, 1.807) is 13.0 Å². The molecule has 21 heavy (non-hydrogen) atoms. The molecule has 0 saturated carbocycles. The highest BCUT2D eigenvalue weighted by Gasteiger charge is 2.32. The van der Waals surface area contributed by atoms with E-state index in [9.17, 15) is 14.4 Å². The number of carboxylic acid groups (broad SMARTS) is 1. The largest absolute Gasteiger partial charge is 0.475 e. The lowest BCUT2D eigenvalue weighted by molar-refractivity contribution is -0.156. The van der Waals surface area contributed by atoms with Crippen LogP contribution in [0, 0.1) is 6.92 Å². The van der Waals surface area contributed by atoms with Crippen LogP contribution in [0.25, 0.3) is 0 Å². The fourth-order valence-corrected chi connectivity index (χ4v) is 2.38. The molecule has 114 valence electrons. The average Bonchev–Trinajstić information content (AvgIpc) is 2.80. The fourth-order valence-electron chi connectivity index (χ4n) is 2.38. The Morgan fingerprint density at radius 1 is 1.29 bits per heavy atom. The van der Waals surface area contributed by atoms with Gasteiger partial charge in [0.05, 0.1) is 6.54 Å². The summed E-state index contributed by atoms with van der Waals surface area (Å²) < 4.78 is 5.22. The number of nitrogens with zero attached hydrogens (tertiary/aromatic N) is 2. The third-order valence-electron chi connectivity index (χ3n) is 3.40. The van der Waals surface area contributed by atoms with Gasteiger partial charge in [0.2, 0.25) is 5.76 Å². The second-order valence-corrected chi connectivity index (χ2v) is 5.05. The number of carbonyl (C=O) groups is 3. The van der Waals surface area contributed by atoms with Crippen LogP contribution in [0.2, 0.25) is 0 Å². The monoisotopic (exact) mass is 294 g/mol. The van der Waals surface area contributed by atoms with Crippen molar-refractivity contribution in [3.8, 4) is 0 Å². The molecule has 1 N–H and O–H groups in total. The van der Waals surface area contributed by atoms with Gasteiger partial charge in [-0.25, -0.2) is 4.79 Å². The van der Waals surface area contributed by atoms with Gasteiger partial charge in [-0.2, -0.15) is 0 Å². The molecule has 1 aromatic rings. The van der Waals surface area contributed by atoms with Crippen LogP contribution in [-0.4, -0.2) is 52.3 Å². The Kier molecular flexibility index (Phi) is 4.30. The maximum atomic E-state index is 12.0. The van der Waals surface area contributed by atoms with E-state index >= 15 is 0 Å². The molecule has 0 atom stereocenters. The molecule has 1 fully saturated rings. The fraction of sp³-hybridized carbons (Fsp3) is 0.500. The molecule has 0 aromatic carbocycles. The molecule has 7 nitrogen and oxygen atoms in total. The summed E-state index contributed by atoms with van der Waals surface area (Å²) in [6, 6.07) is 1.58. The first-order valence-electron chi connectivity index (χ1n) is 6.84. The van der Waals surface area contributed by atoms with Gasteiger partial charge >= 0.3 is 17.8 Å². The van der Waals surface area contributed by atoms with Crippen LogP contribution in [0.1, 0.15) is 35.2 Å². The molecule has 0 bridgehead atoms. The molecule has 1 aliphatic heterocycles. The third-order valence-corrected chi connectivity index (χ3v) is 3.40. The zero-order valence-corrected chi connectivity index (χ0v) is 12.1. The Morgan fingerprint density at radius 3 is 2.48 bits per heavy atom. The van der Waals surface area contributed by atoms with Gasteiger partial charge in [-0.05, 0) is 19.4 Å². The summed E-state index contributed by atoms with van der Waals surface area (Å²) in [6.45, 7) is 5.17. The summed E-state index contributed by atoms with van der Waals surface area (Å²) in [5.74, 6) is -1.98. The maximum Gasteiger partial charge on any atom is 0.372 e. The number of hydrogen-bond acceptors (Lipinski definition) is 4. The predicted molar refractivity (Wildman–Crippen MR) is 72.7 cm³/mol. The van der Waals surface area contributed by atoms with Gasteiger partial charge in [-0.3, -0.25) is 9.59 Å². The van der Waals surface area contributed by atoms with Crippen LogP contribution >= 0.6 is 0 Å². The Labute approximate surface area is 122 Å². The Morgan fingerprint density at radius 2 is 1.90 bits per heavy atom. The van der Waals surface area contributed by atoms with Crippen LogP contribution < -0.4 is 0 Å². The van der Waals surface area contributed by atoms with E-state index in [2.05, 4.69) is 0 Å². The first-order valence-corrected chi connectivity index (χ1v) is 6.84. The standard InChI is InChI=1S/C14H18N2O5/c1-3-4-15-5-6-16(13(18)12(15)17)8-10-7-9(2)11(21-10)14(19)20/h7H,3-6,8H2,1-2H3,(H,19,20). The molecule has 2 amide bonds. The molecule has 1 saturated heterocycles. The number of rotatable bonds is 5. The third kappa shape index (κ3) is 3.07. The highest BCUT2D eigenvalue weighted by Crippen LogP contribution is 2.18. The van der Waals surface area contributed by atoms with Gasteiger partial charge in [0.15, 0.2) is 0 Å². The highest BCUT2D eigenvalue weighted by molar-refractivity contribution is 6.35. The van der Waals surface area contributed by atoms with E-state index in [0.29, 0.717) is 31.0 Å². The van der Waals surface area contributed by atoms with Crippen LogP contribution in [0.3, 0.4) is 0 Å². The van der Waals surface area contributed by atoms with Gasteiger partial charge in [0, 0.05) is 25.2 Å². The van der Waals surface area contributed by atoms with Crippen molar-refractivity contribution in [2.45, 2.75) is 26.8 Å². The summed E-state index contributed by atoms with van der Waals surface area (Å²) in [7, 11) is 0. The van der Waals surface area contributed by atoms with Gasteiger partial charge in [0.1, 0.15) is 5.76 Å². The molecule has 0 unspecified atom stereocenters. The molecule has 7 heteroatoms. The summed E-state index contributed by atoms with van der Waals surface area (Å²) in [5, 5.41) is 8.94. The summed E-state index contributed by atoms with van der Waals surface area (Å²) in [5.41, 5.74) is 0.501. The number of carboxylic acids is 1. The number of piperazine rings is 1. The van der Waals surface area contributed by atoms with E-state index in [-0.39, 0.29) is 12.3 Å². The molecule has 1 aromatic heterocycles. The second kappa shape index (κ2) is 5.99. The zero-order valence-electron chi connectivity index (χ0n) is 12.1. The number of aromatic carboxylic acids is 1. The van der Waals surface area contributed by atoms with Gasteiger partial charge < -0.3 is 19.3 Å². The van der Waals surface area contributed by atoms with Crippen molar-refractivity contribution in [1.29, 1.82) is 0 Å². The summed E-state index contributed by atoms with van der Waals surface area (Å²) in [6.07, 6.45) is 0.804. The minimum atomic E-state index is -1.14. The zero-order chi connectivity index (χ0) is 15.6. The maximum absolute atomic E-state index is 12.0. The topological polar surface area (TPSA) is 91.1 Å². The second-order valence-electron chi connectivity index (χ2n) is 5.05. The Balaban J connectivity index is 2.07. The van der Waals surface area contributed by atoms with Crippen LogP contribution in [0.15, 0.2) is 10.5 Å². The Hall–Kier alpha value is -2.31. The first-order chi connectivity index (χ1) is 9.93.